The number of likely N-dealkylation sites (tertiary alicyclic amines) is 1. The zero-order valence-electron chi connectivity index (χ0n) is 18.2. The average Bonchev–Trinajstić information content (AvgIpc) is 2.84. The van der Waals surface area contributed by atoms with E-state index in [9.17, 15) is 9.90 Å². The number of nitrogens with one attached hydrogen (secondary N) is 1. The number of nitrogen functional groups attached to an aromatic ring is 1. The second kappa shape index (κ2) is 10.1. The summed E-state index contributed by atoms with van der Waals surface area (Å²) >= 11 is 0. The first-order chi connectivity index (χ1) is 16.0. The first-order valence-corrected chi connectivity index (χ1v) is 10.8. The first-order valence-electron chi connectivity index (χ1n) is 10.8. The number of carbonyl (C=O) groups is 1. The fourth-order valence-electron chi connectivity index (χ4n) is 3.91. The van der Waals surface area contributed by atoms with E-state index in [2.05, 4.69) is 21.9 Å². The van der Waals surface area contributed by atoms with Crippen LogP contribution in [-0.2, 0) is 4.79 Å². The van der Waals surface area contributed by atoms with Crippen LogP contribution in [0.3, 0.4) is 0 Å². The van der Waals surface area contributed by atoms with Crippen molar-refractivity contribution < 1.29 is 14.6 Å². The van der Waals surface area contributed by atoms with Crippen LogP contribution < -0.4 is 15.8 Å². The van der Waals surface area contributed by atoms with Gasteiger partial charge < -0.3 is 25.8 Å². The van der Waals surface area contributed by atoms with Crippen LogP contribution in [0.1, 0.15) is 6.42 Å². The predicted octanol–water partition coefficient (Wildman–Crippen LogP) is 3.33. The zero-order valence-corrected chi connectivity index (χ0v) is 18.2. The maximum Gasteiger partial charge on any atom is 0.246 e. The van der Waals surface area contributed by atoms with Gasteiger partial charge in [0.25, 0.3) is 0 Å². The molecule has 4 rings (SSSR count). The Bertz CT molecular complexity index is 1100. The number of aliphatic hydroxyl groups is 1. The normalized spacial score (nSPS) is 17.9. The number of amides is 1. The van der Waals surface area contributed by atoms with Crippen LogP contribution in [0, 0.1) is 5.92 Å². The summed E-state index contributed by atoms with van der Waals surface area (Å²) in [5.41, 5.74) is 7.73. The Kier molecular flexibility index (Phi) is 6.85. The van der Waals surface area contributed by atoms with Crippen molar-refractivity contribution in [2.45, 2.75) is 12.5 Å². The number of anilines is 2. The van der Waals surface area contributed by atoms with E-state index in [-0.39, 0.29) is 11.8 Å². The van der Waals surface area contributed by atoms with Crippen molar-refractivity contribution in [2.75, 3.05) is 30.7 Å². The number of para-hydroxylation sites is 1. The number of benzene rings is 2. The SMILES string of the molecule is C=CC(=O)N1CC[C@@H](CNc2ncnc(N)c2-c2ccc(Oc3ccccc3)cc2)[C@H](O)C1. The monoisotopic (exact) mass is 445 g/mol. The lowest BCUT2D eigenvalue weighted by molar-refractivity contribution is -0.130. The Morgan fingerprint density at radius 1 is 1.18 bits per heavy atom. The molecule has 0 radical (unpaired) electrons. The van der Waals surface area contributed by atoms with E-state index in [1.54, 1.807) is 4.90 Å². The standard InChI is InChI=1S/C25H27N5O3/c1-2-22(32)30-13-12-18(21(31)15-30)14-27-25-23(24(26)28-16-29-25)17-8-10-20(11-9-17)33-19-6-4-3-5-7-19/h2-11,16,18,21,31H,1,12-15H2,(H3,26,27,28,29)/t18-,21+/m0/s1. The van der Waals surface area contributed by atoms with Crippen LogP contribution in [0.5, 0.6) is 11.5 Å². The molecule has 0 bridgehead atoms. The molecule has 1 amide bonds. The molecule has 0 aliphatic carbocycles. The molecule has 4 N–H and O–H groups in total. The van der Waals surface area contributed by atoms with Gasteiger partial charge in [-0.2, -0.15) is 0 Å². The molecule has 1 aliphatic heterocycles. The van der Waals surface area contributed by atoms with Gasteiger partial charge in [0.05, 0.1) is 11.7 Å². The van der Waals surface area contributed by atoms with Crippen LogP contribution in [0.25, 0.3) is 11.1 Å². The highest BCUT2D eigenvalue weighted by atomic mass is 16.5. The zero-order chi connectivity index (χ0) is 23.2. The molecule has 8 nitrogen and oxygen atoms in total. The maximum atomic E-state index is 11.8. The van der Waals surface area contributed by atoms with E-state index in [1.807, 2.05) is 54.6 Å². The van der Waals surface area contributed by atoms with Crippen molar-refractivity contribution in [3.05, 3.63) is 73.6 Å². The summed E-state index contributed by atoms with van der Waals surface area (Å²) in [4.78, 5) is 21.9. The van der Waals surface area contributed by atoms with Crippen LogP contribution >= 0.6 is 0 Å². The molecule has 33 heavy (non-hydrogen) atoms. The summed E-state index contributed by atoms with van der Waals surface area (Å²) < 4.78 is 5.86. The quantitative estimate of drug-likeness (QED) is 0.478. The molecule has 2 atom stereocenters. The number of nitrogens with two attached hydrogens (primary N) is 1. The summed E-state index contributed by atoms with van der Waals surface area (Å²) in [6.45, 7) is 4.88. The van der Waals surface area contributed by atoms with Crippen LogP contribution in [0.15, 0.2) is 73.6 Å². The minimum Gasteiger partial charge on any atom is -0.457 e. The number of piperidine rings is 1. The van der Waals surface area contributed by atoms with Gasteiger partial charge in [0, 0.05) is 25.6 Å². The van der Waals surface area contributed by atoms with Crippen molar-refractivity contribution in [1.29, 1.82) is 0 Å². The van der Waals surface area contributed by atoms with Crippen molar-refractivity contribution in [2.24, 2.45) is 5.92 Å². The van der Waals surface area contributed by atoms with Gasteiger partial charge in [0.15, 0.2) is 0 Å². The fraction of sp³-hybridized carbons (Fsp3) is 0.240. The number of β-amino-alcohol motifs (C(OH)–C–C–N with tert-alkyl or cyclic N) is 1. The van der Waals surface area contributed by atoms with Crippen molar-refractivity contribution in [1.82, 2.24) is 14.9 Å². The Balaban J connectivity index is 1.45. The van der Waals surface area contributed by atoms with E-state index in [0.717, 1.165) is 11.3 Å². The molecule has 2 aromatic carbocycles. The second-order valence-corrected chi connectivity index (χ2v) is 7.91. The van der Waals surface area contributed by atoms with Crippen LogP contribution in [-0.4, -0.2) is 51.6 Å². The van der Waals surface area contributed by atoms with E-state index < -0.39 is 6.10 Å². The highest BCUT2D eigenvalue weighted by Crippen LogP contribution is 2.33. The fourth-order valence-corrected chi connectivity index (χ4v) is 3.91. The molecule has 170 valence electrons. The molecular formula is C25H27N5O3. The summed E-state index contributed by atoms with van der Waals surface area (Å²) in [6.07, 6.45) is 2.73. The van der Waals surface area contributed by atoms with Crippen LogP contribution in [0.4, 0.5) is 11.6 Å². The number of hydrogen-bond acceptors (Lipinski definition) is 7. The lowest BCUT2D eigenvalue weighted by Gasteiger charge is -2.35. The summed E-state index contributed by atoms with van der Waals surface area (Å²) in [7, 11) is 0. The summed E-state index contributed by atoms with van der Waals surface area (Å²) in [5, 5.41) is 13.8. The number of carbonyl (C=O) groups excluding carboxylic acids is 1. The largest absolute Gasteiger partial charge is 0.457 e. The topological polar surface area (TPSA) is 114 Å². The lowest BCUT2D eigenvalue weighted by Crippen LogP contribution is -2.47. The van der Waals surface area contributed by atoms with Gasteiger partial charge in [0.1, 0.15) is 29.5 Å². The Morgan fingerprint density at radius 3 is 2.61 bits per heavy atom. The Labute approximate surface area is 192 Å². The predicted molar refractivity (Wildman–Crippen MR) is 128 cm³/mol. The van der Waals surface area contributed by atoms with E-state index in [0.29, 0.717) is 49.0 Å². The molecule has 0 spiro atoms. The maximum absolute atomic E-state index is 11.8. The highest BCUT2D eigenvalue weighted by Gasteiger charge is 2.29. The molecule has 0 unspecified atom stereocenters. The third-order valence-corrected chi connectivity index (χ3v) is 5.74. The van der Waals surface area contributed by atoms with Crippen molar-refractivity contribution in [3.63, 3.8) is 0 Å². The Hall–Kier alpha value is -3.91. The number of hydrogen-bond donors (Lipinski definition) is 3. The average molecular weight is 446 g/mol. The van der Waals surface area contributed by atoms with Crippen molar-refractivity contribution >= 4 is 17.5 Å². The van der Waals surface area contributed by atoms with E-state index in [4.69, 9.17) is 10.5 Å². The molecular weight excluding hydrogens is 418 g/mol. The lowest BCUT2D eigenvalue weighted by atomic mass is 9.93. The summed E-state index contributed by atoms with van der Waals surface area (Å²) in [6, 6.07) is 17.1. The minimum atomic E-state index is -0.632. The Morgan fingerprint density at radius 2 is 1.91 bits per heavy atom. The molecule has 8 heteroatoms. The highest BCUT2D eigenvalue weighted by molar-refractivity contribution is 5.87. The molecule has 1 aromatic heterocycles. The number of nitrogens with zero attached hydrogens (tertiary/aromatic N) is 3. The second-order valence-electron chi connectivity index (χ2n) is 7.91. The van der Waals surface area contributed by atoms with Crippen LogP contribution in [0.2, 0.25) is 0 Å². The van der Waals surface area contributed by atoms with Gasteiger partial charge in [-0.25, -0.2) is 9.97 Å². The molecule has 1 saturated heterocycles. The van der Waals surface area contributed by atoms with E-state index >= 15 is 0 Å². The van der Waals surface area contributed by atoms with Gasteiger partial charge >= 0.3 is 0 Å². The molecule has 1 aliphatic rings. The number of aliphatic hydroxyl groups excluding tert-OH is 1. The number of aromatic nitrogens is 2. The summed E-state index contributed by atoms with van der Waals surface area (Å²) in [5.74, 6) is 2.23. The third-order valence-electron chi connectivity index (χ3n) is 5.74. The van der Waals surface area contributed by atoms with Gasteiger partial charge in [-0.15, -0.1) is 0 Å². The number of rotatable bonds is 7. The van der Waals surface area contributed by atoms with Gasteiger partial charge in [0.2, 0.25) is 5.91 Å². The minimum absolute atomic E-state index is 0.0236. The molecule has 0 saturated carbocycles. The van der Waals surface area contributed by atoms with Gasteiger partial charge in [-0.3, -0.25) is 4.79 Å². The van der Waals surface area contributed by atoms with Crippen molar-refractivity contribution in [3.8, 4) is 22.6 Å². The number of ether oxygens (including phenoxy) is 1. The molecule has 1 fully saturated rings. The van der Waals surface area contributed by atoms with Gasteiger partial charge in [-0.05, 0) is 42.3 Å². The van der Waals surface area contributed by atoms with Gasteiger partial charge in [-0.1, -0.05) is 36.9 Å². The smallest absolute Gasteiger partial charge is 0.246 e. The third kappa shape index (κ3) is 5.30. The first kappa shape index (κ1) is 22.3. The van der Waals surface area contributed by atoms with E-state index in [1.165, 1.54) is 12.4 Å². The molecule has 2 heterocycles. The molecule has 3 aromatic rings.